The standard InChI is InChI=1S/C8H6INO/c1-5-2-8(11)7(9)3-6(5)4-10/h2-3,11H,1H3. The lowest BCUT2D eigenvalue weighted by Gasteiger charge is -1.99. The summed E-state index contributed by atoms with van der Waals surface area (Å²) in [5, 5.41) is 17.8. The topological polar surface area (TPSA) is 44.0 Å². The Morgan fingerprint density at radius 1 is 1.55 bits per heavy atom. The molecule has 1 N–H and O–H groups in total. The van der Waals surface area contributed by atoms with E-state index in [-0.39, 0.29) is 5.75 Å². The second-order valence-corrected chi connectivity index (χ2v) is 3.39. The number of hydrogen-bond donors (Lipinski definition) is 1. The number of nitrogens with zero attached hydrogens (tertiary/aromatic N) is 1. The van der Waals surface area contributed by atoms with Crippen molar-refractivity contribution in [2.75, 3.05) is 0 Å². The number of phenolic OH excluding ortho intramolecular Hbond substituents is 1. The molecule has 0 aromatic heterocycles. The SMILES string of the molecule is Cc1cc(O)c(I)cc1C#N. The van der Waals surface area contributed by atoms with Gasteiger partial charge in [-0.2, -0.15) is 5.26 Å². The molecule has 1 aromatic rings. The van der Waals surface area contributed by atoms with Crippen LogP contribution >= 0.6 is 22.6 Å². The third kappa shape index (κ3) is 1.63. The molecule has 0 bridgehead atoms. The first-order valence-electron chi connectivity index (χ1n) is 3.04. The van der Waals surface area contributed by atoms with Gasteiger partial charge in [-0.3, -0.25) is 0 Å². The van der Waals surface area contributed by atoms with E-state index in [4.69, 9.17) is 5.26 Å². The Bertz CT molecular complexity index is 328. The molecule has 0 aliphatic rings. The van der Waals surface area contributed by atoms with Gasteiger partial charge in [-0.25, -0.2) is 0 Å². The van der Waals surface area contributed by atoms with Crippen molar-refractivity contribution in [1.82, 2.24) is 0 Å². The van der Waals surface area contributed by atoms with E-state index in [9.17, 15) is 5.11 Å². The highest BCUT2D eigenvalue weighted by Gasteiger charge is 2.02. The maximum atomic E-state index is 9.20. The zero-order valence-corrected chi connectivity index (χ0v) is 8.08. The molecule has 0 aliphatic carbocycles. The summed E-state index contributed by atoms with van der Waals surface area (Å²) in [6, 6.07) is 5.32. The molecule has 11 heavy (non-hydrogen) atoms. The zero-order chi connectivity index (χ0) is 8.43. The van der Waals surface area contributed by atoms with E-state index in [1.807, 2.05) is 28.7 Å². The number of rotatable bonds is 0. The van der Waals surface area contributed by atoms with Crippen LogP contribution in [0.25, 0.3) is 0 Å². The van der Waals surface area contributed by atoms with Gasteiger partial charge >= 0.3 is 0 Å². The number of hydrogen-bond acceptors (Lipinski definition) is 2. The highest BCUT2D eigenvalue weighted by molar-refractivity contribution is 14.1. The van der Waals surface area contributed by atoms with E-state index in [1.165, 1.54) is 0 Å². The molecule has 0 unspecified atom stereocenters. The van der Waals surface area contributed by atoms with Gasteiger partial charge in [0, 0.05) is 0 Å². The molecule has 0 saturated heterocycles. The summed E-state index contributed by atoms with van der Waals surface area (Å²) < 4.78 is 0.713. The van der Waals surface area contributed by atoms with Crippen LogP contribution in [0.1, 0.15) is 11.1 Å². The second kappa shape index (κ2) is 3.09. The Hall–Kier alpha value is -0.760. The van der Waals surface area contributed by atoms with Crippen LogP contribution in [0.3, 0.4) is 0 Å². The zero-order valence-electron chi connectivity index (χ0n) is 5.93. The van der Waals surface area contributed by atoms with Crippen molar-refractivity contribution in [3.8, 4) is 11.8 Å². The minimum absolute atomic E-state index is 0.238. The molecular weight excluding hydrogens is 253 g/mol. The van der Waals surface area contributed by atoms with Crippen LogP contribution in [0.4, 0.5) is 0 Å². The maximum Gasteiger partial charge on any atom is 0.129 e. The number of phenols is 1. The number of aromatic hydroxyl groups is 1. The first-order chi connectivity index (χ1) is 5.15. The Morgan fingerprint density at radius 2 is 2.18 bits per heavy atom. The van der Waals surface area contributed by atoms with Crippen molar-refractivity contribution in [1.29, 1.82) is 5.26 Å². The molecule has 56 valence electrons. The van der Waals surface area contributed by atoms with Crippen LogP contribution < -0.4 is 0 Å². The Labute approximate surface area is 78.6 Å². The lowest BCUT2D eigenvalue weighted by atomic mass is 10.1. The lowest BCUT2D eigenvalue weighted by Crippen LogP contribution is -1.83. The van der Waals surface area contributed by atoms with Crippen LogP contribution in [-0.2, 0) is 0 Å². The van der Waals surface area contributed by atoms with E-state index >= 15 is 0 Å². The largest absolute Gasteiger partial charge is 0.507 e. The average molecular weight is 259 g/mol. The quantitative estimate of drug-likeness (QED) is 0.725. The third-order valence-electron chi connectivity index (χ3n) is 1.41. The molecule has 0 saturated carbocycles. The van der Waals surface area contributed by atoms with Crippen molar-refractivity contribution in [3.05, 3.63) is 26.8 Å². The fraction of sp³-hybridized carbons (Fsp3) is 0.125. The van der Waals surface area contributed by atoms with Crippen molar-refractivity contribution in [3.63, 3.8) is 0 Å². The molecule has 3 heteroatoms. The van der Waals surface area contributed by atoms with E-state index in [0.29, 0.717) is 9.13 Å². The molecule has 0 aliphatic heterocycles. The highest BCUT2D eigenvalue weighted by atomic mass is 127. The molecule has 0 atom stereocenters. The monoisotopic (exact) mass is 259 g/mol. The molecular formula is C8H6INO. The minimum Gasteiger partial charge on any atom is -0.507 e. The van der Waals surface area contributed by atoms with Gasteiger partial charge in [0.2, 0.25) is 0 Å². The van der Waals surface area contributed by atoms with Gasteiger partial charge in [-0.05, 0) is 47.2 Å². The smallest absolute Gasteiger partial charge is 0.129 e. The Kier molecular flexibility index (Phi) is 2.35. The van der Waals surface area contributed by atoms with E-state index in [1.54, 1.807) is 19.1 Å². The minimum atomic E-state index is 0.238. The maximum absolute atomic E-state index is 9.20. The molecule has 1 rings (SSSR count). The summed E-state index contributed by atoms with van der Waals surface area (Å²) in [6.45, 7) is 1.80. The first-order valence-corrected chi connectivity index (χ1v) is 4.12. The van der Waals surface area contributed by atoms with E-state index < -0.39 is 0 Å². The highest BCUT2D eigenvalue weighted by Crippen LogP contribution is 2.22. The third-order valence-corrected chi connectivity index (χ3v) is 2.28. The van der Waals surface area contributed by atoms with Crippen LogP contribution in [0.2, 0.25) is 0 Å². The normalized spacial score (nSPS) is 9.18. The second-order valence-electron chi connectivity index (χ2n) is 2.23. The number of halogens is 1. The number of aryl methyl sites for hydroxylation is 1. The summed E-state index contributed by atoms with van der Waals surface area (Å²) in [7, 11) is 0. The predicted octanol–water partition coefficient (Wildman–Crippen LogP) is 2.18. The van der Waals surface area contributed by atoms with Crippen molar-refractivity contribution in [2.45, 2.75) is 6.92 Å². The summed E-state index contributed by atoms with van der Waals surface area (Å²) in [5.41, 5.74) is 1.43. The van der Waals surface area contributed by atoms with Gasteiger partial charge in [-0.15, -0.1) is 0 Å². The van der Waals surface area contributed by atoms with Crippen molar-refractivity contribution in [2.24, 2.45) is 0 Å². The number of nitriles is 1. The summed E-state index contributed by atoms with van der Waals surface area (Å²) in [6.07, 6.45) is 0. The van der Waals surface area contributed by atoms with Gasteiger partial charge < -0.3 is 5.11 Å². The van der Waals surface area contributed by atoms with Gasteiger partial charge in [-0.1, -0.05) is 0 Å². The first kappa shape index (κ1) is 8.34. The van der Waals surface area contributed by atoms with E-state index in [0.717, 1.165) is 5.56 Å². The van der Waals surface area contributed by atoms with Gasteiger partial charge in [0.05, 0.1) is 15.2 Å². The van der Waals surface area contributed by atoms with Crippen molar-refractivity contribution < 1.29 is 5.11 Å². The van der Waals surface area contributed by atoms with Gasteiger partial charge in [0.1, 0.15) is 5.75 Å². The van der Waals surface area contributed by atoms with Crippen LogP contribution in [0, 0.1) is 21.8 Å². The Morgan fingerprint density at radius 3 is 2.73 bits per heavy atom. The molecule has 0 amide bonds. The molecule has 0 radical (unpaired) electrons. The van der Waals surface area contributed by atoms with Crippen LogP contribution in [0.5, 0.6) is 5.75 Å². The van der Waals surface area contributed by atoms with Gasteiger partial charge in [0.15, 0.2) is 0 Å². The lowest BCUT2D eigenvalue weighted by molar-refractivity contribution is 0.471. The summed E-state index contributed by atoms with van der Waals surface area (Å²) in [5.74, 6) is 0.238. The molecule has 0 fully saturated rings. The fourth-order valence-electron chi connectivity index (χ4n) is 0.787. The summed E-state index contributed by atoms with van der Waals surface area (Å²) >= 11 is 1.99. The predicted molar refractivity (Wildman–Crippen MR) is 50.3 cm³/mol. The average Bonchev–Trinajstić information content (AvgIpc) is 1.97. The number of benzene rings is 1. The molecule has 2 nitrogen and oxygen atoms in total. The fourth-order valence-corrected chi connectivity index (χ4v) is 1.25. The molecule has 1 aromatic carbocycles. The Balaban J connectivity index is 3.35. The molecule has 0 heterocycles. The van der Waals surface area contributed by atoms with Gasteiger partial charge in [0.25, 0.3) is 0 Å². The van der Waals surface area contributed by atoms with Crippen LogP contribution in [0.15, 0.2) is 12.1 Å². The van der Waals surface area contributed by atoms with E-state index in [2.05, 4.69) is 0 Å². The summed E-state index contributed by atoms with van der Waals surface area (Å²) in [4.78, 5) is 0. The van der Waals surface area contributed by atoms with Crippen LogP contribution in [-0.4, -0.2) is 5.11 Å². The van der Waals surface area contributed by atoms with Crippen molar-refractivity contribution >= 4 is 22.6 Å². The molecule has 0 spiro atoms.